The molecule has 0 saturated carbocycles. The van der Waals surface area contributed by atoms with E-state index >= 15 is 0 Å². The van der Waals surface area contributed by atoms with Gasteiger partial charge in [-0.25, -0.2) is 9.97 Å². The van der Waals surface area contributed by atoms with Gasteiger partial charge in [-0.15, -0.1) is 0 Å². The molecule has 0 saturated heterocycles. The normalized spacial score (nSPS) is 10.7. The maximum atomic E-state index is 11.6. The number of hydrogen-bond donors (Lipinski definition) is 0. The minimum atomic E-state index is 0.000662. The predicted octanol–water partition coefficient (Wildman–Crippen LogP) is 4.57. The summed E-state index contributed by atoms with van der Waals surface area (Å²) in [6, 6.07) is 11.1. The Morgan fingerprint density at radius 2 is 1.96 bits per heavy atom. The summed E-state index contributed by atoms with van der Waals surface area (Å²) in [5.41, 5.74) is 2.23. The maximum absolute atomic E-state index is 11.6. The highest BCUT2D eigenvalue weighted by Gasteiger charge is 2.11. The number of carbonyl (C=O) groups is 1. The lowest BCUT2D eigenvalue weighted by molar-refractivity contribution is 0.101. The van der Waals surface area contributed by atoms with E-state index in [0.717, 1.165) is 20.9 Å². The van der Waals surface area contributed by atoms with E-state index in [1.807, 2.05) is 25.1 Å². The fourth-order valence-corrected chi connectivity index (χ4v) is 2.83. The van der Waals surface area contributed by atoms with Crippen molar-refractivity contribution < 1.29 is 14.3 Å². The lowest BCUT2D eigenvalue weighted by Crippen LogP contribution is -2.04. The zero-order valence-corrected chi connectivity index (χ0v) is 15.5. The summed E-state index contributed by atoms with van der Waals surface area (Å²) in [6.45, 7) is 4.24. The molecule has 6 heteroatoms. The molecular formula is C19H17BrN2O3. The van der Waals surface area contributed by atoms with Crippen LogP contribution in [0.15, 0.2) is 47.2 Å². The van der Waals surface area contributed by atoms with E-state index in [0.29, 0.717) is 23.8 Å². The molecule has 0 aliphatic heterocycles. The van der Waals surface area contributed by atoms with Gasteiger partial charge in [-0.2, -0.15) is 0 Å². The lowest BCUT2D eigenvalue weighted by Gasteiger charge is -2.13. The molecule has 5 nitrogen and oxygen atoms in total. The van der Waals surface area contributed by atoms with Crippen LogP contribution in [-0.4, -0.2) is 22.4 Å². The molecule has 1 heterocycles. The highest BCUT2D eigenvalue weighted by molar-refractivity contribution is 9.10. The van der Waals surface area contributed by atoms with Gasteiger partial charge < -0.3 is 9.47 Å². The number of fused-ring (bicyclic) bond motifs is 1. The fraction of sp³-hybridized carbons (Fsp3) is 0.211. The summed E-state index contributed by atoms with van der Waals surface area (Å²) in [6.07, 6.45) is 1.47. The summed E-state index contributed by atoms with van der Waals surface area (Å²) < 4.78 is 12.5. The highest BCUT2D eigenvalue weighted by Crippen LogP contribution is 2.27. The molecule has 0 aliphatic carbocycles. The van der Waals surface area contributed by atoms with Gasteiger partial charge >= 0.3 is 0 Å². The second-order valence-corrected chi connectivity index (χ2v) is 6.36. The largest absolute Gasteiger partial charge is 0.493 e. The zero-order valence-electron chi connectivity index (χ0n) is 14.0. The summed E-state index contributed by atoms with van der Waals surface area (Å²) in [5, 5.41) is 0.817. The first-order valence-corrected chi connectivity index (χ1v) is 8.67. The second kappa shape index (κ2) is 7.61. The summed E-state index contributed by atoms with van der Waals surface area (Å²) in [5.74, 6) is 1.19. The van der Waals surface area contributed by atoms with Crippen LogP contribution in [0, 0.1) is 0 Å². The molecule has 0 radical (unpaired) electrons. The SMILES string of the molecule is CCOc1ccc(C(C)=O)cc1COc1ncnc2ccc(Br)cc12. The van der Waals surface area contributed by atoms with Crippen molar-refractivity contribution in [3.8, 4) is 11.6 Å². The second-order valence-electron chi connectivity index (χ2n) is 5.44. The molecule has 2 aromatic carbocycles. The van der Waals surface area contributed by atoms with Crippen LogP contribution in [0.1, 0.15) is 29.8 Å². The minimum Gasteiger partial charge on any atom is -0.493 e. The van der Waals surface area contributed by atoms with Crippen molar-refractivity contribution in [2.75, 3.05) is 6.61 Å². The van der Waals surface area contributed by atoms with Gasteiger partial charge in [-0.3, -0.25) is 4.79 Å². The Morgan fingerprint density at radius 1 is 1.12 bits per heavy atom. The average Bonchev–Trinajstić information content (AvgIpc) is 2.61. The highest BCUT2D eigenvalue weighted by atomic mass is 79.9. The Kier molecular flexibility index (Phi) is 5.28. The van der Waals surface area contributed by atoms with Gasteiger partial charge in [-0.1, -0.05) is 15.9 Å². The first-order chi connectivity index (χ1) is 12.1. The third kappa shape index (κ3) is 3.96. The Bertz CT molecular complexity index is 928. The van der Waals surface area contributed by atoms with Crippen LogP contribution in [0.5, 0.6) is 11.6 Å². The Balaban J connectivity index is 1.92. The minimum absolute atomic E-state index is 0.000662. The zero-order chi connectivity index (χ0) is 17.8. The van der Waals surface area contributed by atoms with E-state index in [1.54, 1.807) is 18.2 Å². The number of Topliss-reactive ketones (excluding diaryl/α,β-unsaturated/α-hetero) is 1. The monoisotopic (exact) mass is 400 g/mol. The van der Waals surface area contributed by atoms with Crippen molar-refractivity contribution >= 4 is 32.6 Å². The van der Waals surface area contributed by atoms with E-state index in [9.17, 15) is 4.79 Å². The number of halogens is 1. The molecule has 1 aromatic heterocycles. The Morgan fingerprint density at radius 3 is 2.72 bits per heavy atom. The number of ether oxygens (including phenoxy) is 2. The molecule has 0 fully saturated rings. The number of rotatable bonds is 6. The molecule has 0 aliphatic rings. The molecule has 25 heavy (non-hydrogen) atoms. The van der Waals surface area contributed by atoms with Gasteiger partial charge in [0.25, 0.3) is 0 Å². The van der Waals surface area contributed by atoms with Crippen molar-refractivity contribution in [2.24, 2.45) is 0 Å². The molecular weight excluding hydrogens is 384 g/mol. The van der Waals surface area contributed by atoms with Crippen molar-refractivity contribution in [1.29, 1.82) is 0 Å². The summed E-state index contributed by atoms with van der Waals surface area (Å²) in [7, 11) is 0. The van der Waals surface area contributed by atoms with Crippen LogP contribution < -0.4 is 9.47 Å². The Labute approximate surface area is 154 Å². The maximum Gasteiger partial charge on any atom is 0.224 e. The molecule has 3 rings (SSSR count). The third-order valence-electron chi connectivity index (χ3n) is 3.69. The number of aromatic nitrogens is 2. The van der Waals surface area contributed by atoms with Gasteiger partial charge in [0, 0.05) is 15.6 Å². The van der Waals surface area contributed by atoms with Gasteiger partial charge in [0.1, 0.15) is 18.7 Å². The molecule has 128 valence electrons. The average molecular weight is 401 g/mol. The fourth-order valence-electron chi connectivity index (χ4n) is 2.47. The molecule has 3 aromatic rings. The van der Waals surface area contributed by atoms with Crippen molar-refractivity contribution in [1.82, 2.24) is 9.97 Å². The van der Waals surface area contributed by atoms with E-state index in [4.69, 9.17) is 9.47 Å². The molecule has 0 spiro atoms. The third-order valence-corrected chi connectivity index (χ3v) is 4.19. The van der Waals surface area contributed by atoms with Crippen LogP contribution in [0.2, 0.25) is 0 Å². The van der Waals surface area contributed by atoms with Crippen molar-refractivity contribution in [2.45, 2.75) is 20.5 Å². The molecule has 0 unspecified atom stereocenters. The van der Waals surface area contributed by atoms with Gasteiger partial charge in [0.15, 0.2) is 5.78 Å². The lowest BCUT2D eigenvalue weighted by atomic mass is 10.1. The topological polar surface area (TPSA) is 61.3 Å². The smallest absolute Gasteiger partial charge is 0.224 e. The number of ketones is 1. The van der Waals surface area contributed by atoms with Crippen molar-refractivity contribution in [3.05, 3.63) is 58.3 Å². The number of nitrogens with zero attached hydrogens (tertiary/aromatic N) is 2. The molecule has 0 N–H and O–H groups in total. The number of hydrogen-bond acceptors (Lipinski definition) is 5. The van der Waals surface area contributed by atoms with Gasteiger partial charge in [0.05, 0.1) is 17.5 Å². The first kappa shape index (κ1) is 17.4. The van der Waals surface area contributed by atoms with Crippen LogP contribution in [0.4, 0.5) is 0 Å². The molecule has 0 atom stereocenters. The van der Waals surface area contributed by atoms with Crippen molar-refractivity contribution in [3.63, 3.8) is 0 Å². The first-order valence-electron chi connectivity index (χ1n) is 7.88. The van der Waals surface area contributed by atoms with Crippen LogP contribution in [0.25, 0.3) is 10.9 Å². The summed E-state index contributed by atoms with van der Waals surface area (Å²) >= 11 is 3.45. The van der Waals surface area contributed by atoms with Gasteiger partial charge in [0.2, 0.25) is 5.88 Å². The molecule has 0 bridgehead atoms. The van der Waals surface area contributed by atoms with E-state index in [-0.39, 0.29) is 12.4 Å². The van der Waals surface area contributed by atoms with Crippen LogP contribution in [-0.2, 0) is 6.61 Å². The number of benzene rings is 2. The van der Waals surface area contributed by atoms with E-state index in [2.05, 4.69) is 25.9 Å². The summed E-state index contributed by atoms with van der Waals surface area (Å²) in [4.78, 5) is 20.1. The predicted molar refractivity (Wildman–Crippen MR) is 99.2 cm³/mol. The van der Waals surface area contributed by atoms with E-state index in [1.165, 1.54) is 13.3 Å². The standard InChI is InChI=1S/C19H17BrN2O3/c1-3-24-18-7-4-13(12(2)23)8-14(18)10-25-19-16-9-15(20)5-6-17(16)21-11-22-19/h4-9,11H,3,10H2,1-2H3. The van der Waals surface area contributed by atoms with Crippen LogP contribution >= 0.6 is 15.9 Å². The Hall–Kier alpha value is -2.47. The molecule has 0 amide bonds. The quantitative estimate of drug-likeness (QED) is 0.567. The van der Waals surface area contributed by atoms with Gasteiger partial charge in [-0.05, 0) is 50.2 Å². The number of carbonyl (C=O) groups excluding carboxylic acids is 1. The van der Waals surface area contributed by atoms with Crippen LogP contribution in [0.3, 0.4) is 0 Å². The van der Waals surface area contributed by atoms with E-state index < -0.39 is 0 Å².